The average molecular weight is 515 g/mol. The summed E-state index contributed by atoms with van der Waals surface area (Å²) in [5, 5.41) is 4.42. The van der Waals surface area contributed by atoms with Gasteiger partial charge in [-0.1, -0.05) is 11.6 Å². The number of hydrazone groups is 1. The average Bonchev–Trinajstić information content (AvgIpc) is 3.38. The highest BCUT2D eigenvalue weighted by Crippen LogP contribution is 2.36. The second-order valence-electron chi connectivity index (χ2n) is 6.69. The Kier molecular flexibility index (Phi) is 6.01. The maximum atomic E-state index is 12.9. The fraction of sp³-hybridized carbons (Fsp3) is 0.263. The van der Waals surface area contributed by atoms with Crippen molar-refractivity contribution in [2.24, 2.45) is 5.10 Å². The minimum absolute atomic E-state index is 0.0967. The Morgan fingerprint density at radius 1 is 1.23 bits per heavy atom. The molecule has 30 heavy (non-hydrogen) atoms. The van der Waals surface area contributed by atoms with E-state index in [4.69, 9.17) is 21.1 Å². The third-order valence-electron chi connectivity index (χ3n) is 4.80. The van der Waals surface area contributed by atoms with Gasteiger partial charge in [0.25, 0.3) is 5.91 Å². The van der Waals surface area contributed by atoms with Crippen LogP contribution in [-0.2, 0) is 14.8 Å². The van der Waals surface area contributed by atoms with Crippen LogP contribution in [0.2, 0.25) is 5.02 Å². The van der Waals surface area contributed by atoms with E-state index < -0.39 is 22.0 Å². The van der Waals surface area contributed by atoms with Crippen LogP contribution in [0, 0.1) is 0 Å². The molecule has 2 heterocycles. The summed E-state index contributed by atoms with van der Waals surface area (Å²) >= 11 is 9.26. The molecule has 0 saturated carbocycles. The van der Waals surface area contributed by atoms with Crippen molar-refractivity contribution in [3.05, 3.63) is 51.5 Å². The summed E-state index contributed by atoms with van der Waals surface area (Å²) in [5.41, 5.74) is 3.12. The van der Waals surface area contributed by atoms with Crippen LogP contribution in [-0.4, -0.2) is 44.2 Å². The van der Waals surface area contributed by atoms with Gasteiger partial charge in [-0.3, -0.25) is 4.79 Å². The lowest BCUT2D eigenvalue weighted by Gasteiger charge is -2.22. The van der Waals surface area contributed by atoms with Crippen LogP contribution in [0.25, 0.3) is 0 Å². The first-order valence-electron chi connectivity index (χ1n) is 9.06. The smallest absolute Gasteiger partial charge is 0.258 e. The van der Waals surface area contributed by atoms with Gasteiger partial charge in [0.15, 0.2) is 11.5 Å². The minimum atomic E-state index is -3.82. The van der Waals surface area contributed by atoms with Crippen molar-refractivity contribution in [1.29, 1.82) is 0 Å². The number of carbonyl (C=O) groups excluding carboxylic acids is 1. The molecule has 158 valence electrons. The van der Waals surface area contributed by atoms with Crippen LogP contribution >= 0.6 is 27.5 Å². The summed E-state index contributed by atoms with van der Waals surface area (Å²) in [5.74, 6) is 0.720. The number of amides is 1. The van der Waals surface area contributed by atoms with Crippen molar-refractivity contribution < 1.29 is 22.7 Å². The molecule has 0 bridgehead atoms. The Labute approximate surface area is 187 Å². The molecule has 0 radical (unpaired) electrons. The summed E-state index contributed by atoms with van der Waals surface area (Å²) < 4.78 is 38.4. The van der Waals surface area contributed by atoms with Gasteiger partial charge in [-0.2, -0.15) is 9.41 Å². The molecule has 1 amide bonds. The van der Waals surface area contributed by atoms with Crippen LogP contribution in [0.15, 0.2) is 50.9 Å². The van der Waals surface area contributed by atoms with Crippen LogP contribution in [0.4, 0.5) is 0 Å². The van der Waals surface area contributed by atoms with Crippen molar-refractivity contribution in [2.45, 2.75) is 23.8 Å². The number of nitrogens with zero attached hydrogens (tertiary/aromatic N) is 2. The second-order valence-corrected chi connectivity index (χ2v) is 9.87. The fourth-order valence-corrected chi connectivity index (χ4v) is 5.51. The van der Waals surface area contributed by atoms with E-state index in [1.54, 1.807) is 12.1 Å². The number of fused-ring (bicyclic) bond motifs is 1. The number of halogens is 2. The van der Waals surface area contributed by atoms with Gasteiger partial charge in [-0.15, -0.1) is 0 Å². The molecule has 2 aromatic rings. The van der Waals surface area contributed by atoms with Crippen molar-refractivity contribution in [3.8, 4) is 11.5 Å². The molecule has 0 spiro atoms. The Morgan fingerprint density at radius 3 is 2.67 bits per heavy atom. The van der Waals surface area contributed by atoms with Gasteiger partial charge >= 0.3 is 0 Å². The van der Waals surface area contributed by atoms with Crippen LogP contribution in [0.5, 0.6) is 11.5 Å². The summed E-state index contributed by atoms with van der Waals surface area (Å²) in [7, 11) is -3.82. The highest BCUT2D eigenvalue weighted by Gasteiger charge is 2.39. The summed E-state index contributed by atoms with van der Waals surface area (Å²) in [4.78, 5) is 12.7. The maximum Gasteiger partial charge on any atom is 0.258 e. The highest BCUT2D eigenvalue weighted by atomic mass is 79.9. The van der Waals surface area contributed by atoms with Crippen molar-refractivity contribution in [3.63, 3.8) is 0 Å². The van der Waals surface area contributed by atoms with Crippen LogP contribution in [0.1, 0.15) is 18.4 Å². The van der Waals surface area contributed by atoms with Crippen LogP contribution in [0.3, 0.4) is 0 Å². The monoisotopic (exact) mass is 513 g/mol. The molecule has 0 unspecified atom stereocenters. The molecule has 2 aromatic carbocycles. The van der Waals surface area contributed by atoms with Gasteiger partial charge in [0, 0.05) is 21.6 Å². The molecule has 2 aliphatic rings. The van der Waals surface area contributed by atoms with Crippen molar-refractivity contribution >= 4 is 49.7 Å². The largest absolute Gasteiger partial charge is 0.454 e. The summed E-state index contributed by atoms with van der Waals surface area (Å²) in [6, 6.07) is 8.53. The lowest BCUT2D eigenvalue weighted by molar-refractivity contribution is -0.124. The Bertz CT molecular complexity index is 1110. The highest BCUT2D eigenvalue weighted by molar-refractivity contribution is 9.10. The second kappa shape index (κ2) is 8.54. The lowest BCUT2D eigenvalue weighted by atomic mass is 10.2. The third-order valence-corrected chi connectivity index (χ3v) is 7.66. The van der Waals surface area contributed by atoms with Gasteiger partial charge in [-0.25, -0.2) is 13.8 Å². The predicted molar refractivity (Wildman–Crippen MR) is 114 cm³/mol. The normalized spacial score (nSPS) is 18.8. The Balaban J connectivity index is 1.46. The van der Waals surface area contributed by atoms with E-state index in [0.717, 1.165) is 4.47 Å². The number of hydrogen-bond acceptors (Lipinski definition) is 6. The van der Waals surface area contributed by atoms with E-state index >= 15 is 0 Å². The molecule has 4 rings (SSSR count). The van der Waals surface area contributed by atoms with Crippen molar-refractivity contribution in [2.75, 3.05) is 13.3 Å². The number of sulfonamides is 1. The van der Waals surface area contributed by atoms with E-state index in [0.29, 0.717) is 34.9 Å². The zero-order valence-electron chi connectivity index (χ0n) is 15.5. The Hall–Kier alpha value is -2.14. The zero-order chi connectivity index (χ0) is 21.3. The SMILES string of the molecule is O=C(N/N=C\c1cc2c(cc1Br)OCO2)[C@H]1CCCN1S(=O)(=O)c1ccc(Cl)cc1. The standard InChI is InChI=1S/C19H17BrClN3O5S/c20-15-9-18-17(28-11-29-18)8-12(15)10-22-23-19(25)16-2-1-7-24(16)30(26,27)14-5-3-13(21)4-6-14/h3-6,8-10,16H,1-2,7,11H2,(H,23,25)/b22-10-/t16-/m1/s1. The third kappa shape index (κ3) is 4.18. The first-order chi connectivity index (χ1) is 14.4. The summed E-state index contributed by atoms with van der Waals surface area (Å²) in [6.07, 6.45) is 2.46. The quantitative estimate of drug-likeness (QED) is 0.488. The van der Waals surface area contributed by atoms with Crippen molar-refractivity contribution in [1.82, 2.24) is 9.73 Å². The molecule has 0 aromatic heterocycles. The zero-order valence-corrected chi connectivity index (χ0v) is 18.7. The first-order valence-corrected chi connectivity index (χ1v) is 11.7. The molecule has 1 N–H and O–H groups in total. The molecule has 11 heteroatoms. The minimum Gasteiger partial charge on any atom is -0.454 e. The number of hydrogen-bond donors (Lipinski definition) is 1. The molecule has 8 nitrogen and oxygen atoms in total. The molecule has 1 saturated heterocycles. The molecule has 0 aliphatic carbocycles. The number of rotatable bonds is 5. The van der Waals surface area contributed by atoms with Gasteiger partial charge < -0.3 is 9.47 Å². The van der Waals surface area contributed by atoms with Crippen LogP contribution < -0.4 is 14.9 Å². The molecule has 1 atom stereocenters. The van der Waals surface area contributed by atoms with Gasteiger partial charge in [-0.05, 0) is 65.2 Å². The van der Waals surface area contributed by atoms with E-state index in [-0.39, 0.29) is 18.2 Å². The van der Waals surface area contributed by atoms with E-state index in [2.05, 4.69) is 26.5 Å². The number of nitrogens with one attached hydrogen (secondary N) is 1. The lowest BCUT2D eigenvalue weighted by Crippen LogP contribution is -2.44. The fourth-order valence-electron chi connectivity index (χ4n) is 3.30. The van der Waals surface area contributed by atoms with E-state index in [1.807, 2.05) is 0 Å². The van der Waals surface area contributed by atoms with E-state index in [1.165, 1.54) is 34.8 Å². The molecule has 1 fully saturated rings. The topological polar surface area (TPSA) is 97.3 Å². The number of carbonyl (C=O) groups is 1. The number of benzene rings is 2. The van der Waals surface area contributed by atoms with Gasteiger partial charge in [0.1, 0.15) is 6.04 Å². The van der Waals surface area contributed by atoms with Gasteiger partial charge in [0.2, 0.25) is 16.8 Å². The molecular formula is C19H17BrClN3O5S. The predicted octanol–water partition coefficient (Wildman–Crippen LogP) is 3.13. The maximum absolute atomic E-state index is 12.9. The molecular weight excluding hydrogens is 498 g/mol. The first kappa shape index (κ1) is 21.1. The Morgan fingerprint density at radius 2 is 1.93 bits per heavy atom. The molecule has 2 aliphatic heterocycles. The summed E-state index contributed by atoms with van der Waals surface area (Å²) in [6.45, 7) is 0.416. The van der Waals surface area contributed by atoms with Gasteiger partial charge in [0.05, 0.1) is 11.1 Å². The van der Waals surface area contributed by atoms with E-state index in [9.17, 15) is 13.2 Å². The number of ether oxygens (including phenoxy) is 2.